The molecule has 0 unspecified atom stereocenters. The topological polar surface area (TPSA) is 49.4 Å². The summed E-state index contributed by atoms with van der Waals surface area (Å²) in [4.78, 5) is 0.350. The molecule has 0 aliphatic carbocycles. The van der Waals surface area contributed by atoms with Gasteiger partial charge in [-0.15, -0.1) is 0 Å². The zero-order valence-corrected chi connectivity index (χ0v) is 12.9. The zero-order valence-electron chi connectivity index (χ0n) is 10.5. The highest BCUT2D eigenvalue weighted by molar-refractivity contribution is 9.10. The number of sulfonamides is 1. The van der Waals surface area contributed by atoms with E-state index in [4.69, 9.17) is 0 Å². The lowest BCUT2D eigenvalue weighted by atomic mass is 10.0. The maximum Gasteiger partial charge on any atom is 0.243 e. The molecule has 2 rings (SSSR count). The molecule has 1 aliphatic rings. The average molecular weight is 333 g/mol. The molecule has 1 N–H and O–H groups in total. The second-order valence-electron chi connectivity index (χ2n) is 5.10. The van der Waals surface area contributed by atoms with E-state index in [0.717, 1.165) is 4.47 Å². The van der Waals surface area contributed by atoms with Crippen LogP contribution in [0, 0.1) is 0 Å². The van der Waals surface area contributed by atoms with Crippen LogP contribution in [0.2, 0.25) is 0 Å². The summed E-state index contributed by atoms with van der Waals surface area (Å²) in [5, 5.41) is 3.31. The fraction of sp³-hybridized carbons (Fsp3) is 0.500. The van der Waals surface area contributed by atoms with Crippen molar-refractivity contribution in [2.24, 2.45) is 0 Å². The first-order valence-electron chi connectivity index (χ1n) is 5.82. The Kier molecular flexibility index (Phi) is 3.82. The highest BCUT2D eigenvalue weighted by Gasteiger charge is 2.33. The number of hydrogen-bond acceptors (Lipinski definition) is 3. The molecule has 0 atom stereocenters. The predicted molar refractivity (Wildman–Crippen MR) is 75.0 cm³/mol. The molecule has 1 saturated heterocycles. The van der Waals surface area contributed by atoms with E-state index in [1.807, 2.05) is 13.8 Å². The smallest absolute Gasteiger partial charge is 0.243 e. The van der Waals surface area contributed by atoms with Gasteiger partial charge in [0.1, 0.15) is 0 Å². The van der Waals surface area contributed by atoms with Gasteiger partial charge in [-0.05, 0) is 38.1 Å². The Bertz CT molecular complexity index is 526. The maximum atomic E-state index is 12.5. The lowest BCUT2D eigenvalue weighted by Gasteiger charge is -2.38. The van der Waals surface area contributed by atoms with Crippen LogP contribution >= 0.6 is 15.9 Å². The largest absolute Gasteiger partial charge is 0.309 e. The molecule has 1 aliphatic heterocycles. The molecular weight excluding hydrogens is 316 g/mol. The number of halogens is 1. The summed E-state index contributed by atoms with van der Waals surface area (Å²) in [6.45, 7) is 5.71. The summed E-state index contributed by atoms with van der Waals surface area (Å²) < 4.78 is 27.4. The number of nitrogens with one attached hydrogen (secondary N) is 1. The van der Waals surface area contributed by atoms with Gasteiger partial charge in [0.15, 0.2) is 0 Å². The Hall–Kier alpha value is -0.430. The van der Waals surface area contributed by atoms with Gasteiger partial charge in [-0.1, -0.05) is 15.9 Å². The van der Waals surface area contributed by atoms with Crippen molar-refractivity contribution in [3.05, 3.63) is 28.7 Å². The third kappa shape index (κ3) is 2.93. The monoisotopic (exact) mass is 332 g/mol. The SMILES string of the molecule is CC1(C)CN(S(=O)(=O)c2ccc(Br)cc2)CCN1. The maximum absolute atomic E-state index is 12.5. The van der Waals surface area contributed by atoms with Crippen LogP contribution in [0.5, 0.6) is 0 Å². The highest BCUT2D eigenvalue weighted by atomic mass is 79.9. The van der Waals surface area contributed by atoms with Gasteiger partial charge < -0.3 is 5.32 Å². The minimum Gasteiger partial charge on any atom is -0.309 e. The lowest BCUT2D eigenvalue weighted by Crippen LogP contribution is -2.58. The Morgan fingerprint density at radius 2 is 1.89 bits per heavy atom. The summed E-state index contributed by atoms with van der Waals surface area (Å²) >= 11 is 3.31. The Morgan fingerprint density at radius 1 is 1.28 bits per heavy atom. The summed E-state index contributed by atoms with van der Waals surface area (Å²) in [5.41, 5.74) is -0.180. The highest BCUT2D eigenvalue weighted by Crippen LogP contribution is 2.22. The van der Waals surface area contributed by atoms with Gasteiger partial charge in [-0.25, -0.2) is 8.42 Å². The van der Waals surface area contributed by atoms with Crippen LogP contribution in [0.15, 0.2) is 33.6 Å². The van der Waals surface area contributed by atoms with Gasteiger partial charge in [0.2, 0.25) is 10.0 Å². The van der Waals surface area contributed by atoms with Crippen LogP contribution in [0.4, 0.5) is 0 Å². The molecule has 100 valence electrons. The van der Waals surface area contributed by atoms with Gasteiger partial charge in [-0.2, -0.15) is 4.31 Å². The van der Waals surface area contributed by atoms with Gasteiger partial charge in [0.25, 0.3) is 0 Å². The number of rotatable bonds is 2. The second-order valence-corrected chi connectivity index (χ2v) is 7.96. The number of nitrogens with zero attached hydrogens (tertiary/aromatic N) is 1. The number of piperazine rings is 1. The molecule has 1 heterocycles. The third-order valence-corrected chi connectivity index (χ3v) is 5.38. The average Bonchev–Trinajstić information content (AvgIpc) is 2.28. The van der Waals surface area contributed by atoms with Crippen molar-refractivity contribution in [1.29, 1.82) is 0 Å². The van der Waals surface area contributed by atoms with E-state index >= 15 is 0 Å². The minimum absolute atomic E-state index is 0.180. The van der Waals surface area contributed by atoms with Crippen molar-refractivity contribution in [1.82, 2.24) is 9.62 Å². The number of hydrogen-bond donors (Lipinski definition) is 1. The van der Waals surface area contributed by atoms with E-state index in [0.29, 0.717) is 24.5 Å². The fourth-order valence-corrected chi connectivity index (χ4v) is 3.92. The Balaban J connectivity index is 2.28. The van der Waals surface area contributed by atoms with E-state index in [1.54, 1.807) is 28.6 Å². The molecule has 0 bridgehead atoms. The second kappa shape index (κ2) is 4.92. The summed E-state index contributed by atoms with van der Waals surface area (Å²) in [5.74, 6) is 0. The molecule has 0 aromatic heterocycles. The minimum atomic E-state index is -3.38. The van der Waals surface area contributed by atoms with Gasteiger partial charge in [0, 0.05) is 29.6 Å². The van der Waals surface area contributed by atoms with Crippen molar-refractivity contribution in [2.75, 3.05) is 19.6 Å². The van der Waals surface area contributed by atoms with Crippen LogP contribution in [0.1, 0.15) is 13.8 Å². The van der Waals surface area contributed by atoms with Crippen LogP contribution in [0.25, 0.3) is 0 Å². The van der Waals surface area contributed by atoms with E-state index in [9.17, 15) is 8.42 Å². The first-order valence-corrected chi connectivity index (χ1v) is 8.05. The number of benzene rings is 1. The van der Waals surface area contributed by atoms with Crippen molar-refractivity contribution < 1.29 is 8.42 Å². The molecular formula is C12H17BrN2O2S. The quantitative estimate of drug-likeness (QED) is 0.898. The lowest BCUT2D eigenvalue weighted by molar-refractivity contribution is 0.233. The van der Waals surface area contributed by atoms with Crippen LogP contribution in [-0.2, 0) is 10.0 Å². The van der Waals surface area contributed by atoms with Crippen molar-refractivity contribution >= 4 is 26.0 Å². The predicted octanol–water partition coefficient (Wildman–Crippen LogP) is 1.82. The molecule has 6 heteroatoms. The van der Waals surface area contributed by atoms with Crippen LogP contribution in [-0.4, -0.2) is 37.9 Å². The summed E-state index contributed by atoms with van der Waals surface area (Å²) in [7, 11) is -3.38. The molecule has 0 saturated carbocycles. The first kappa shape index (κ1) is 14.0. The van der Waals surface area contributed by atoms with Gasteiger partial charge in [0.05, 0.1) is 4.90 Å². The third-order valence-electron chi connectivity index (χ3n) is 2.99. The van der Waals surface area contributed by atoms with E-state index in [-0.39, 0.29) is 5.54 Å². The van der Waals surface area contributed by atoms with Gasteiger partial charge in [-0.3, -0.25) is 0 Å². The molecule has 18 heavy (non-hydrogen) atoms. The fourth-order valence-electron chi connectivity index (χ4n) is 2.06. The van der Waals surface area contributed by atoms with Crippen molar-refractivity contribution in [3.63, 3.8) is 0 Å². The first-order chi connectivity index (χ1) is 8.31. The summed E-state index contributed by atoms with van der Waals surface area (Å²) in [6, 6.07) is 6.77. The molecule has 4 nitrogen and oxygen atoms in total. The molecule has 1 aromatic carbocycles. The Labute approximate surface area is 117 Å². The molecule has 0 amide bonds. The summed E-state index contributed by atoms with van der Waals surface area (Å²) in [6.07, 6.45) is 0. The van der Waals surface area contributed by atoms with E-state index in [2.05, 4.69) is 21.2 Å². The van der Waals surface area contributed by atoms with Crippen LogP contribution in [0.3, 0.4) is 0 Å². The molecule has 0 spiro atoms. The Morgan fingerprint density at radius 3 is 2.44 bits per heavy atom. The van der Waals surface area contributed by atoms with E-state index in [1.165, 1.54) is 0 Å². The van der Waals surface area contributed by atoms with Crippen molar-refractivity contribution in [2.45, 2.75) is 24.3 Å². The van der Waals surface area contributed by atoms with Crippen LogP contribution < -0.4 is 5.32 Å². The molecule has 1 fully saturated rings. The van der Waals surface area contributed by atoms with Gasteiger partial charge >= 0.3 is 0 Å². The normalized spacial score (nSPS) is 20.8. The molecule has 1 aromatic rings. The zero-order chi connectivity index (χ0) is 13.4. The molecule has 0 radical (unpaired) electrons. The van der Waals surface area contributed by atoms with E-state index < -0.39 is 10.0 Å². The standard InChI is InChI=1S/C12H17BrN2O2S/c1-12(2)9-15(8-7-14-12)18(16,17)11-5-3-10(13)4-6-11/h3-6,14H,7-9H2,1-2H3. The van der Waals surface area contributed by atoms with Crippen molar-refractivity contribution in [3.8, 4) is 0 Å².